The van der Waals surface area contributed by atoms with Gasteiger partial charge in [0.1, 0.15) is 17.9 Å². The number of nitrogens with zero attached hydrogens (tertiary/aromatic N) is 4. The van der Waals surface area contributed by atoms with E-state index in [9.17, 15) is 4.79 Å². The number of hydrogen-bond acceptors (Lipinski definition) is 10. The van der Waals surface area contributed by atoms with E-state index in [1.54, 1.807) is 14.2 Å². The van der Waals surface area contributed by atoms with Crippen molar-refractivity contribution in [2.75, 3.05) is 81.4 Å². The average Bonchev–Trinajstić information content (AvgIpc) is 3.00. The maximum absolute atomic E-state index is 12.3. The van der Waals surface area contributed by atoms with Crippen molar-refractivity contribution < 1.29 is 14.3 Å². The minimum Gasteiger partial charge on any atom is -0.494 e. The molecule has 1 aromatic heterocycles. The Bertz CT molecular complexity index is 1360. The third kappa shape index (κ3) is 6.74. The number of amides is 1. The first-order chi connectivity index (χ1) is 19.5. The molecule has 11 heteroatoms. The smallest absolute Gasteiger partial charge is 0.247 e. The number of benzene rings is 2. The lowest BCUT2D eigenvalue weighted by atomic mass is 10.1. The lowest BCUT2D eigenvalue weighted by Crippen LogP contribution is -2.47. The molecule has 3 aromatic rings. The van der Waals surface area contributed by atoms with E-state index in [-0.39, 0.29) is 5.91 Å². The van der Waals surface area contributed by atoms with Gasteiger partial charge in [-0.3, -0.25) is 9.69 Å². The summed E-state index contributed by atoms with van der Waals surface area (Å²) in [6.45, 7) is 8.58. The van der Waals surface area contributed by atoms with Crippen molar-refractivity contribution in [3.05, 3.63) is 60.9 Å². The Morgan fingerprint density at radius 3 is 2.55 bits per heavy atom. The molecule has 1 aliphatic rings. The summed E-state index contributed by atoms with van der Waals surface area (Å²) in [6, 6.07) is 11.4. The van der Waals surface area contributed by atoms with E-state index < -0.39 is 0 Å². The van der Waals surface area contributed by atoms with Crippen LogP contribution in [0.2, 0.25) is 0 Å². The fraction of sp³-hybridized carbons (Fsp3) is 0.310. The van der Waals surface area contributed by atoms with Crippen LogP contribution >= 0.6 is 0 Å². The lowest BCUT2D eigenvalue weighted by Gasteiger charge is -2.37. The maximum Gasteiger partial charge on any atom is 0.247 e. The second-order valence-corrected chi connectivity index (χ2v) is 9.19. The zero-order valence-corrected chi connectivity index (χ0v) is 23.2. The fourth-order valence-electron chi connectivity index (χ4n) is 4.59. The Labute approximate surface area is 234 Å². The molecule has 2 heterocycles. The fourth-order valence-corrected chi connectivity index (χ4v) is 4.59. The van der Waals surface area contributed by atoms with Crippen LogP contribution in [0.1, 0.15) is 5.56 Å². The van der Waals surface area contributed by atoms with Crippen molar-refractivity contribution in [3.8, 4) is 17.0 Å². The zero-order valence-electron chi connectivity index (χ0n) is 23.2. The van der Waals surface area contributed by atoms with Crippen LogP contribution < -0.4 is 25.6 Å². The number of carbonyl (C=O) groups excluding carboxylic acids is 1. The van der Waals surface area contributed by atoms with E-state index in [1.165, 1.54) is 18.6 Å². The monoisotopic (exact) mass is 544 g/mol. The number of rotatable bonds is 12. The molecule has 0 spiro atoms. The summed E-state index contributed by atoms with van der Waals surface area (Å²) in [5.41, 5.74) is 5.38. The summed E-state index contributed by atoms with van der Waals surface area (Å²) in [6.07, 6.45) is 4.05. The molecule has 0 atom stereocenters. The number of methoxy groups -OCH3 is 2. The number of piperazine rings is 1. The molecule has 4 rings (SSSR count). The molecule has 4 N–H and O–H groups in total. The lowest BCUT2D eigenvalue weighted by molar-refractivity contribution is -0.111. The minimum absolute atomic E-state index is 0.297. The van der Waals surface area contributed by atoms with Gasteiger partial charge >= 0.3 is 0 Å². The predicted octanol–water partition coefficient (Wildman–Crippen LogP) is 3.83. The predicted molar refractivity (Wildman–Crippen MR) is 161 cm³/mol. The van der Waals surface area contributed by atoms with Crippen molar-refractivity contribution in [3.63, 3.8) is 0 Å². The SMILES string of the molecule is C=CC(=O)Nc1cc(Nc2cc(-c3ccc(C=N)c(NC)c3)ncn2)c(OC)cc1N1CCN(CCOC)CC1. The second kappa shape index (κ2) is 13.5. The van der Waals surface area contributed by atoms with Gasteiger partial charge in [0.15, 0.2) is 0 Å². The summed E-state index contributed by atoms with van der Waals surface area (Å²) in [4.78, 5) is 25.8. The molecule has 2 aromatic carbocycles. The molecule has 40 heavy (non-hydrogen) atoms. The number of nitrogens with one attached hydrogen (secondary N) is 4. The largest absolute Gasteiger partial charge is 0.494 e. The molecule has 1 saturated heterocycles. The first kappa shape index (κ1) is 28.5. The van der Waals surface area contributed by atoms with Gasteiger partial charge in [-0.25, -0.2) is 9.97 Å². The molecule has 11 nitrogen and oxygen atoms in total. The van der Waals surface area contributed by atoms with E-state index in [4.69, 9.17) is 14.9 Å². The van der Waals surface area contributed by atoms with Crippen LogP contribution in [0.5, 0.6) is 5.75 Å². The number of aromatic nitrogens is 2. The van der Waals surface area contributed by atoms with Crippen molar-refractivity contribution in [1.29, 1.82) is 5.41 Å². The summed E-state index contributed by atoms with van der Waals surface area (Å²) in [7, 11) is 5.15. The van der Waals surface area contributed by atoms with Crippen LogP contribution in [-0.2, 0) is 9.53 Å². The van der Waals surface area contributed by atoms with E-state index in [2.05, 4.69) is 42.3 Å². The van der Waals surface area contributed by atoms with Gasteiger partial charge < -0.3 is 35.7 Å². The molecule has 0 saturated carbocycles. The van der Waals surface area contributed by atoms with Gasteiger partial charge in [0.05, 0.1) is 36.5 Å². The Morgan fingerprint density at radius 1 is 1.07 bits per heavy atom. The van der Waals surface area contributed by atoms with Crippen molar-refractivity contribution in [2.24, 2.45) is 0 Å². The van der Waals surface area contributed by atoms with Gasteiger partial charge in [-0.15, -0.1) is 0 Å². The minimum atomic E-state index is -0.297. The summed E-state index contributed by atoms with van der Waals surface area (Å²) < 4.78 is 11.0. The van der Waals surface area contributed by atoms with Crippen LogP contribution in [0.4, 0.5) is 28.6 Å². The normalized spacial score (nSPS) is 13.4. The molecule has 1 fully saturated rings. The van der Waals surface area contributed by atoms with Crippen LogP contribution in [0.15, 0.2) is 55.4 Å². The van der Waals surface area contributed by atoms with Gasteiger partial charge in [-0.05, 0) is 18.2 Å². The third-order valence-corrected chi connectivity index (χ3v) is 6.79. The van der Waals surface area contributed by atoms with Crippen LogP contribution in [0.25, 0.3) is 11.3 Å². The Kier molecular flexibility index (Phi) is 9.66. The third-order valence-electron chi connectivity index (χ3n) is 6.79. The Hall–Kier alpha value is -4.48. The molecule has 0 radical (unpaired) electrons. The molecule has 1 aliphatic heterocycles. The van der Waals surface area contributed by atoms with Gasteiger partial charge in [0.2, 0.25) is 5.91 Å². The van der Waals surface area contributed by atoms with Gasteiger partial charge in [-0.2, -0.15) is 0 Å². The highest BCUT2D eigenvalue weighted by molar-refractivity contribution is 6.02. The summed E-state index contributed by atoms with van der Waals surface area (Å²) in [5.74, 6) is 0.876. The highest BCUT2D eigenvalue weighted by atomic mass is 16.5. The topological polar surface area (TPSA) is 128 Å². The maximum atomic E-state index is 12.3. The van der Waals surface area contributed by atoms with Gasteiger partial charge in [0, 0.05) is 82.0 Å². The Morgan fingerprint density at radius 2 is 1.88 bits per heavy atom. The summed E-state index contributed by atoms with van der Waals surface area (Å²) in [5, 5.41) is 17.0. The highest BCUT2D eigenvalue weighted by Gasteiger charge is 2.22. The van der Waals surface area contributed by atoms with Gasteiger partial charge in [-0.1, -0.05) is 18.7 Å². The van der Waals surface area contributed by atoms with E-state index >= 15 is 0 Å². The number of hydrogen-bond donors (Lipinski definition) is 4. The van der Waals surface area contributed by atoms with E-state index in [1.807, 2.05) is 43.4 Å². The molecular weight excluding hydrogens is 508 g/mol. The zero-order chi connectivity index (χ0) is 28.5. The van der Waals surface area contributed by atoms with Gasteiger partial charge in [0.25, 0.3) is 0 Å². The molecule has 1 amide bonds. The van der Waals surface area contributed by atoms with E-state index in [0.29, 0.717) is 35.2 Å². The molecule has 210 valence electrons. The van der Waals surface area contributed by atoms with Crippen LogP contribution in [0, 0.1) is 5.41 Å². The molecule has 0 bridgehead atoms. The number of carbonyl (C=O) groups is 1. The van der Waals surface area contributed by atoms with Crippen molar-refractivity contribution in [2.45, 2.75) is 0 Å². The summed E-state index contributed by atoms with van der Waals surface area (Å²) >= 11 is 0. The standard InChI is InChI=1S/C29H36N8O3/c1-5-29(38)35-24-15-25(27(40-4)17-26(24)37-10-8-36(9-11-37)12-13-39-3)34-28-16-23(32-19-33-28)20-6-7-21(18-30)22(14-20)31-2/h5-7,14-19,30-31H,1,8-13H2,2-4H3,(H,35,38)(H,32,33,34). The van der Waals surface area contributed by atoms with Crippen LogP contribution in [0.3, 0.4) is 0 Å². The average molecular weight is 545 g/mol. The first-order valence-electron chi connectivity index (χ1n) is 13.0. The first-order valence-corrected chi connectivity index (χ1v) is 13.0. The molecule has 0 aliphatic carbocycles. The van der Waals surface area contributed by atoms with Crippen molar-refractivity contribution >= 4 is 40.7 Å². The Balaban J connectivity index is 1.63. The molecule has 0 unspecified atom stereocenters. The highest BCUT2D eigenvalue weighted by Crippen LogP contribution is 2.39. The quantitative estimate of drug-likeness (QED) is 0.199. The number of ether oxygens (including phenoxy) is 2. The second-order valence-electron chi connectivity index (χ2n) is 9.19. The molecular formula is C29H36N8O3. The van der Waals surface area contributed by atoms with Crippen LogP contribution in [-0.4, -0.2) is 87.6 Å². The number of anilines is 5. The van der Waals surface area contributed by atoms with Crippen molar-refractivity contribution in [1.82, 2.24) is 14.9 Å². The van der Waals surface area contributed by atoms with E-state index in [0.717, 1.165) is 55.2 Å².